The molecule has 4 nitrogen and oxygen atoms in total. The van der Waals surface area contributed by atoms with Crippen LogP contribution in [0.3, 0.4) is 0 Å². The summed E-state index contributed by atoms with van der Waals surface area (Å²) in [7, 11) is 0. The van der Waals surface area contributed by atoms with E-state index < -0.39 is 12.1 Å². The van der Waals surface area contributed by atoms with Crippen molar-refractivity contribution in [2.45, 2.75) is 33.8 Å². The van der Waals surface area contributed by atoms with E-state index in [1.807, 2.05) is 0 Å². The molecule has 0 aliphatic rings. The largest absolute Gasteiger partial charge is 0.469 e. The van der Waals surface area contributed by atoms with Gasteiger partial charge in [0, 0.05) is 0 Å². The Morgan fingerprint density at radius 1 is 1.47 bits per heavy atom. The second-order valence-electron chi connectivity index (χ2n) is 4.22. The van der Waals surface area contributed by atoms with Crippen molar-refractivity contribution in [3.05, 3.63) is 23.7 Å². The van der Waals surface area contributed by atoms with Crippen LogP contribution >= 0.6 is 0 Å². The van der Waals surface area contributed by atoms with E-state index in [4.69, 9.17) is 9.15 Å². The number of hydrogen-bond donors (Lipinski definition) is 0. The summed E-state index contributed by atoms with van der Waals surface area (Å²) in [4.78, 5) is 14.0. The Morgan fingerprint density at radius 3 is 2.68 bits per heavy atom. The van der Waals surface area contributed by atoms with Crippen molar-refractivity contribution in [1.29, 1.82) is 0 Å². The monoisotopic (exact) mass is 263 g/mol. The summed E-state index contributed by atoms with van der Waals surface area (Å²) in [5.41, 5.74) is 0.456. The fraction of sp³-hybridized carbons (Fsp3) is 0.533. The van der Waals surface area contributed by atoms with E-state index in [9.17, 15) is 4.79 Å². The van der Waals surface area contributed by atoms with Crippen molar-refractivity contribution in [1.82, 2.24) is 4.90 Å². The zero-order chi connectivity index (χ0) is 14.3. The molecule has 0 bridgehead atoms. The van der Waals surface area contributed by atoms with Crippen LogP contribution < -0.4 is 0 Å². The van der Waals surface area contributed by atoms with E-state index in [2.05, 4.69) is 30.6 Å². The summed E-state index contributed by atoms with van der Waals surface area (Å²) in [6, 6.07) is 1.60. The molecule has 4 heteroatoms. The third kappa shape index (κ3) is 4.80. The minimum absolute atomic E-state index is 0.393. The highest BCUT2D eigenvalue weighted by Gasteiger charge is 2.14. The normalized spacial score (nSPS) is 11.8. The molecule has 0 aromatic carbocycles. The second kappa shape index (κ2) is 7.65. The predicted octanol–water partition coefficient (Wildman–Crippen LogP) is 2.48. The standard InChI is InChI=1S/C15H21NO3/c1-5-16(6-2)10-7-8-12(3)19-15(17)14-9-11-18-13(14)4/h9,11-12H,5-6,10H2,1-4H3. The van der Waals surface area contributed by atoms with Crippen LogP contribution in [0.25, 0.3) is 0 Å². The minimum Gasteiger partial charge on any atom is -0.469 e. The van der Waals surface area contributed by atoms with Crippen molar-refractivity contribution in [3.63, 3.8) is 0 Å². The Balaban J connectivity index is 2.48. The van der Waals surface area contributed by atoms with E-state index in [0.717, 1.165) is 13.1 Å². The van der Waals surface area contributed by atoms with E-state index >= 15 is 0 Å². The average Bonchev–Trinajstić information content (AvgIpc) is 2.81. The van der Waals surface area contributed by atoms with Gasteiger partial charge in [0.25, 0.3) is 0 Å². The first-order valence-electron chi connectivity index (χ1n) is 6.54. The smallest absolute Gasteiger partial charge is 0.342 e. The van der Waals surface area contributed by atoms with Crippen LogP contribution in [0.4, 0.5) is 0 Å². The summed E-state index contributed by atoms with van der Waals surface area (Å²) in [5.74, 6) is 6.13. The number of hydrogen-bond acceptors (Lipinski definition) is 4. The third-order valence-corrected chi connectivity index (χ3v) is 2.86. The van der Waals surface area contributed by atoms with Crippen LogP contribution in [0.15, 0.2) is 16.7 Å². The van der Waals surface area contributed by atoms with Crippen LogP contribution in [-0.2, 0) is 4.74 Å². The van der Waals surface area contributed by atoms with Gasteiger partial charge in [-0.3, -0.25) is 4.90 Å². The van der Waals surface area contributed by atoms with Crippen LogP contribution in [0.2, 0.25) is 0 Å². The molecule has 1 aromatic rings. The van der Waals surface area contributed by atoms with Crippen molar-refractivity contribution in [2.75, 3.05) is 19.6 Å². The van der Waals surface area contributed by atoms with Crippen LogP contribution in [-0.4, -0.2) is 36.6 Å². The Morgan fingerprint density at radius 2 is 2.16 bits per heavy atom. The molecule has 0 amide bonds. The Bertz CT molecular complexity index is 463. The fourth-order valence-electron chi connectivity index (χ4n) is 1.60. The molecular formula is C15H21NO3. The van der Waals surface area contributed by atoms with E-state index in [1.165, 1.54) is 6.26 Å². The highest BCUT2D eigenvalue weighted by Crippen LogP contribution is 2.11. The third-order valence-electron chi connectivity index (χ3n) is 2.86. The van der Waals surface area contributed by atoms with Gasteiger partial charge in [-0.2, -0.15) is 0 Å². The summed E-state index contributed by atoms with van der Waals surface area (Å²) in [6.07, 6.45) is 1.06. The molecule has 0 aliphatic carbocycles. The molecule has 1 heterocycles. The molecule has 104 valence electrons. The second-order valence-corrected chi connectivity index (χ2v) is 4.22. The van der Waals surface area contributed by atoms with Crippen LogP contribution in [0.1, 0.15) is 36.9 Å². The molecule has 1 unspecified atom stereocenters. The van der Waals surface area contributed by atoms with E-state index in [0.29, 0.717) is 17.9 Å². The van der Waals surface area contributed by atoms with Gasteiger partial charge in [-0.25, -0.2) is 4.79 Å². The molecule has 0 saturated heterocycles. The summed E-state index contributed by atoms with van der Waals surface area (Å²) >= 11 is 0. The Labute approximate surface area is 114 Å². The molecule has 0 saturated carbocycles. The van der Waals surface area contributed by atoms with Crippen LogP contribution in [0, 0.1) is 18.8 Å². The number of carbonyl (C=O) groups excluding carboxylic acids is 1. The van der Waals surface area contributed by atoms with Crippen molar-refractivity contribution >= 4 is 5.97 Å². The lowest BCUT2D eigenvalue weighted by molar-refractivity contribution is 0.0436. The molecule has 1 atom stereocenters. The van der Waals surface area contributed by atoms with Crippen molar-refractivity contribution in [3.8, 4) is 11.8 Å². The first-order chi connectivity index (χ1) is 9.08. The first kappa shape index (κ1) is 15.3. The first-order valence-corrected chi connectivity index (χ1v) is 6.54. The fourth-order valence-corrected chi connectivity index (χ4v) is 1.60. The van der Waals surface area contributed by atoms with Gasteiger partial charge in [-0.15, -0.1) is 0 Å². The lowest BCUT2D eigenvalue weighted by Crippen LogP contribution is -2.23. The highest BCUT2D eigenvalue weighted by atomic mass is 16.5. The minimum atomic E-state index is -0.419. The van der Waals surface area contributed by atoms with Gasteiger partial charge in [0.15, 0.2) is 6.10 Å². The zero-order valence-electron chi connectivity index (χ0n) is 12.0. The molecule has 0 radical (unpaired) electrons. The number of carbonyl (C=O) groups is 1. The quantitative estimate of drug-likeness (QED) is 0.604. The van der Waals surface area contributed by atoms with Crippen molar-refractivity contribution in [2.24, 2.45) is 0 Å². The zero-order valence-corrected chi connectivity index (χ0v) is 12.0. The van der Waals surface area contributed by atoms with Gasteiger partial charge in [0.2, 0.25) is 0 Å². The summed E-state index contributed by atoms with van der Waals surface area (Å²) < 4.78 is 10.3. The number of aryl methyl sites for hydroxylation is 1. The van der Waals surface area contributed by atoms with Gasteiger partial charge in [-0.05, 0) is 33.0 Å². The van der Waals surface area contributed by atoms with Crippen molar-refractivity contribution < 1.29 is 13.9 Å². The van der Waals surface area contributed by atoms with Gasteiger partial charge in [0.1, 0.15) is 11.3 Å². The summed E-state index contributed by atoms with van der Waals surface area (Å²) in [5, 5.41) is 0. The van der Waals surface area contributed by atoms with Gasteiger partial charge in [-0.1, -0.05) is 25.7 Å². The maximum Gasteiger partial charge on any atom is 0.342 e. The number of rotatable bonds is 5. The SMILES string of the molecule is CCN(CC)CC#CC(C)OC(=O)c1ccoc1C. The lowest BCUT2D eigenvalue weighted by Gasteiger charge is -2.13. The number of furan rings is 1. The maximum atomic E-state index is 11.8. The molecular weight excluding hydrogens is 242 g/mol. The number of nitrogens with zero attached hydrogens (tertiary/aromatic N) is 1. The molecule has 0 fully saturated rings. The molecule has 0 N–H and O–H groups in total. The number of ether oxygens (including phenoxy) is 1. The Hall–Kier alpha value is -1.73. The van der Waals surface area contributed by atoms with Gasteiger partial charge in [0.05, 0.1) is 12.8 Å². The molecule has 1 aromatic heterocycles. The van der Waals surface area contributed by atoms with Gasteiger partial charge >= 0.3 is 5.97 Å². The van der Waals surface area contributed by atoms with E-state index in [1.54, 1.807) is 19.9 Å². The summed E-state index contributed by atoms with van der Waals surface area (Å²) in [6.45, 7) is 10.3. The van der Waals surface area contributed by atoms with E-state index in [-0.39, 0.29) is 0 Å². The molecule has 19 heavy (non-hydrogen) atoms. The maximum absolute atomic E-state index is 11.8. The topological polar surface area (TPSA) is 42.7 Å². The molecule has 0 spiro atoms. The van der Waals surface area contributed by atoms with Gasteiger partial charge < -0.3 is 9.15 Å². The predicted molar refractivity (Wildman–Crippen MR) is 73.9 cm³/mol. The lowest BCUT2D eigenvalue weighted by atomic mass is 10.2. The highest BCUT2D eigenvalue weighted by molar-refractivity contribution is 5.90. The average molecular weight is 263 g/mol. The number of esters is 1. The molecule has 0 aliphatic heterocycles. The molecule has 1 rings (SSSR count). The Kier molecular flexibility index (Phi) is 6.17. The van der Waals surface area contributed by atoms with Crippen LogP contribution in [0.5, 0.6) is 0 Å².